The number of methoxy groups -OCH3 is 1. The Hall–Kier alpha value is -3.08. The number of ether oxygens (including phenoxy) is 2. The molecule has 156 valence electrons. The van der Waals surface area contributed by atoms with Crippen LogP contribution in [-0.2, 0) is 17.7 Å². The fraction of sp³-hybridized carbons (Fsp3) is 0.389. The van der Waals surface area contributed by atoms with Crippen molar-refractivity contribution >= 4 is 11.8 Å². The van der Waals surface area contributed by atoms with Crippen LogP contribution in [-0.4, -0.2) is 54.3 Å². The molecule has 1 aromatic heterocycles. The largest absolute Gasteiger partial charge is 0.573 e. The van der Waals surface area contributed by atoms with Gasteiger partial charge in [-0.25, -0.2) is 0 Å². The maximum absolute atomic E-state index is 12.5. The number of nitrogens with one attached hydrogen (secondary N) is 2. The number of carbonyl (C=O) groups excluding carboxylic acids is 2. The Balaban J connectivity index is 1.60. The lowest BCUT2D eigenvalue weighted by molar-refractivity contribution is -0.274. The average Bonchev–Trinajstić information content (AvgIpc) is 3.19. The van der Waals surface area contributed by atoms with Gasteiger partial charge in [0.15, 0.2) is 0 Å². The smallest absolute Gasteiger partial charge is 0.405 e. The van der Waals surface area contributed by atoms with Gasteiger partial charge >= 0.3 is 6.36 Å². The highest BCUT2D eigenvalue weighted by Gasteiger charge is 2.33. The van der Waals surface area contributed by atoms with Crippen LogP contribution in [0.5, 0.6) is 5.75 Å². The quantitative estimate of drug-likeness (QED) is 0.673. The highest BCUT2D eigenvalue weighted by molar-refractivity contribution is 5.97. The van der Waals surface area contributed by atoms with Crippen LogP contribution in [0.3, 0.4) is 0 Å². The van der Waals surface area contributed by atoms with Gasteiger partial charge in [-0.2, -0.15) is 5.10 Å². The molecule has 0 spiro atoms. The van der Waals surface area contributed by atoms with Crippen LogP contribution in [0.2, 0.25) is 0 Å². The summed E-state index contributed by atoms with van der Waals surface area (Å²) in [5, 5.41) is 9.55. The summed E-state index contributed by atoms with van der Waals surface area (Å²) in [5.74, 6) is -1.58. The molecule has 0 fully saturated rings. The van der Waals surface area contributed by atoms with Crippen LogP contribution < -0.4 is 15.4 Å². The van der Waals surface area contributed by atoms with Gasteiger partial charge in [-0.15, -0.1) is 13.2 Å². The third-order valence-electron chi connectivity index (χ3n) is 4.23. The molecule has 1 atom stereocenters. The Morgan fingerprint density at radius 1 is 1.28 bits per heavy atom. The summed E-state index contributed by atoms with van der Waals surface area (Å²) in [6.45, 7) is 1.04. The van der Waals surface area contributed by atoms with Gasteiger partial charge in [0.1, 0.15) is 11.4 Å². The zero-order valence-corrected chi connectivity index (χ0v) is 15.5. The number of amides is 2. The van der Waals surface area contributed by atoms with Gasteiger partial charge in [-0.1, -0.05) is 12.1 Å². The second kappa shape index (κ2) is 8.52. The Morgan fingerprint density at radius 3 is 2.72 bits per heavy atom. The molecule has 0 saturated heterocycles. The Labute approximate surface area is 164 Å². The number of fused-ring (bicyclic) bond motifs is 1. The van der Waals surface area contributed by atoms with E-state index in [0.717, 1.165) is 11.8 Å². The van der Waals surface area contributed by atoms with E-state index < -0.39 is 18.0 Å². The van der Waals surface area contributed by atoms with Crippen molar-refractivity contribution < 1.29 is 32.2 Å². The molecule has 11 heteroatoms. The fourth-order valence-corrected chi connectivity index (χ4v) is 3.00. The summed E-state index contributed by atoms with van der Waals surface area (Å²) in [4.78, 5) is 24.4. The Bertz CT molecular complexity index is 874. The molecule has 2 amide bonds. The predicted molar refractivity (Wildman–Crippen MR) is 94.5 cm³/mol. The van der Waals surface area contributed by atoms with E-state index in [1.54, 1.807) is 10.7 Å². The number of benzene rings is 1. The minimum absolute atomic E-state index is 0.215. The predicted octanol–water partition coefficient (Wildman–Crippen LogP) is 1.51. The van der Waals surface area contributed by atoms with Gasteiger partial charge in [0.25, 0.3) is 11.8 Å². The molecule has 2 N–H and O–H groups in total. The molecule has 8 nitrogen and oxygen atoms in total. The molecule has 0 radical (unpaired) electrons. The minimum Gasteiger partial charge on any atom is -0.405 e. The van der Waals surface area contributed by atoms with E-state index in [0.29, 0.717) is 26.1 Å². The second-order valence-electron chi connectivity index (χ2n) is 6.37. The van der Waals surface area contributed by atoms with Crippen molar-refractivity contribution in [2.45, 2.75) is 25.4 Å². The molecule has 0 aliphatic carbocycles. The number of para-hydroxylation sites is 1. The van der Waals surface area contributed by atoms with Crippen LogP contribution in [0.25, 0.3) is 0 Å². The molecule has 29 heavy (non-hydrogen) atoms. The van der Waals surface area contributed by atoms with Gasteiger partial charge in [0.05, 0.1) is 24.8 Å². The van der Waals surface area contributed by atoms with E-state index in [1.165, 1.54) is 25.3 Å². The summed E-state index contributed by atoms with van der Waals surface area (Å²) in [7, 11) is 1.53. The summed E-state index contributed by atoms with van der Waals surface area (Å²) in [5.41, 5.74) is 0.782. The van der Waals surface area contributed by atoms with Crippen LogP contribution in [0.4, 0.5) is 13.2 Å². The fourth-order valence-electron chi connectivity index (χ4n) is 3.00. The molecule has 2 aromatic rings. The van der Waals surface area contributed by atoms with Crippen molar-refractivity contribution in [3.05, 3.63) is 47.3 Å². The summed E-state index contributed by atoms with van der Waals surface area (Å²) >= 11 is 0. The van der Waals surface area contributed by atoms with Gasteiger partial charge in [0.2, 0.25) is 0 Å². The van der Waals surface area contributed by atoms with Crippen molar-refractivity contribution in [3.8, 4) is 5.75 Å². The van der Waals surface area contributed by atoms with E-state index >= 15 is 0 Å². The minimum atomic E-state index is -4.90. The van der Waals surface area contributed by atoms with Crippen LogP contribution >= 0.6 is 0 Å². The van der Waals surface area contributed by atoms with Crippen molar-refractivity contribution in [2.75, 3.05) is 20.3 Å². The average molecular weight is 412 g/mol. The summed E-state index contributed by atoms with van der Waals surface area (Å²) < 4.78 is 47.9. The lowest BCUT2D eigenvalue weighted by Crippen LogP contribution is -2.36. The van der Waals surface area contributed by atoms with Crippen LogP contribution in [0, 0.1) is 0 Å². The third kappa shape index (κ3) is 5.25. The number of nitrogens with zero attached hydrogens (tertiary/aromatic N) is 2. The zero-order valence-electron chi connectivity index (χ0n) is 15.5. The molecule has 1 aromatic carbocycles. The van der Waals surface area contributed by atoms with E-state index in [9.17, 15) is 22.8 Å². The molecule has 0 bridgehead atoms. The monoisotopic (exact) mass is 412 g/mol. The van der Waals surface area contributed by atoms with Crippen molar-refractivity contribution in [1.29, 1.82) is 0 Å². The molecule has 0 saturated carbocycles. The molecular weight excluding hydrogens is 393 g/mol. The second-order valence-corrected chi connectivity index (χ2v) is 6.37. The van der Waals surface area contributed by atoms with Gasteiger partial charge < -0.3 is 20.1 Å². The number of alkyl halides is 3. The third-order valence-corrected chi connectivity index (χ3v) is 4.23. The molecule has 1 aliphatic rings. The maximum Gasteiger partial charge on any atom is 0.573 e. The number of carbonyl (C=O) groups is 2. The molecular formula is C18H19F3N4O4. The van der Waals surface area contributed by atoms with Crippen molar-refractivity contribution in [2.24, 2.45) is 0 Å². The number of hydrogen-bond acceptors (Lipinski definition) is 5. The van der Waals surface area contributed by atoms with Crippen molar-refractivity contribution in [1.82, 2.24) is 20.4 Å². The maximum atomic E-state index is 12.5. The van der Waals surface area contributed by atoms with Crippen LogP contribution in [0.1, 0.15) is 26.5 Å². The van der Waals surface area contributed by atoms with Gasteiger partial charge in [-0.05, 0) is 18.2 Å². The summed E-state index contributed by atoms with van der Waals surface area (Å²) in [6, 6.07) is 6.39. The Morgan fingerprint density at radius 2 is 2.03 bits per heavy atom. The number of halogens is 3. The first-order chi connectivity index (χ1) is 13.8. The first-order valence-corrected chi connectivity index (χ1v) is 8.76. The zero-order chi connectivity index (χ0) is 21.0. The topological polar surface area (TPSA) is 94.5 Å². The van der Waals surface area contributed by atoms with Crippen molar-refractivity contribution in [3.63, 3.8) is 0 Å². The first kappa shape index (κ1) is 20.6. The van der Waals surface area contributed by atoms with E-state index in [2.05, 4.69) is 20.5 Å². The number of hydrogen-bond donors (Lipinski definition) is 2. The lowest BCUT2D eigenvalue weighted by atomic mass is 10.1. The lowest BCUT2D eigenvalue weighted by Gasteiger charge is -2.15. The van der Waals surface area contributed by atoms with E-state index in [4.69, 9.17) is 4.74 Å². The number of rotatable bonds is 7. The van der Waals surface area contributed by atoms with E-state index in [1.807, 2.05) is 0 Å². The summed E-state index contributed by atoms with van der Waals surface area (Å²) in [6.07, 6.45) is -4.50. The first-order valence-electron chi connectivity index (χ1n) is 8.76. The normalized spacial score (nSPS) is 15.7. The van der Waals surface area contributed by atoms with Crippen LogP contribution in [0.15, 0.2) is 30.3 Å². The Kier molecular flexibility index (Phi) is 6.06. The van der Waals surface area contributed by atoms with E-state index in [-0.39, 0.29) is 23.2 Å². The molecule has 3 rings (SSSR count). The highest BCUT2D eigenvalue weighted by Crippen LogP contribution is 2.26. The molecule has 0 unspecified atom stereocenters. The SMILES string of the molecule is COCCNC(=O)c1cc2n(n1)C[C@@H](NC(=O)c1ccccc1OC(F)(F)F)C2. The van der Waals surface area contributed by atoms with Gasteiger partial charge in [-0.3, -0.25) is 14.3 Å². The van der Waals surface area contributed by atoms with Gasteiger partial charge in [0, 0.05) is 25.8 Å². The molecule has 1 aliphatic heterocycles. The number of aromatic nitrogens is 2. The standard InChI is InChI=1S/C18H19F3N4O4/c1-28-7-6-22-17(27)14-9-12-8-11(10-25(12)24-14)23-16(26)13-4-2-3-5-15(13)29-18(19,20)21/h2-5,9,11H,6-8,10H2,1H3,(H,22,27)(H,23,26)/t11-/m0/s1. The highest BCUT2D eigenvalue weighted by atomic mass is 19.4. The molecule has 2 heterocycles.